The van der Waals surface area contributed by atoms with E-state index in [2.05, 4.69) is 4.40 Å². The van der Waals surface area contributed by atoms with Crippen LogP contribution in [0.25, 0.3) is 0 Å². The van der Waals surface area contributed by atoms with Crippen LogP contribution in [0.3, 0.4) is 0 Å². The topological polar surface area (TPSA) is 76.0 Å². The van der Waals surface area contributed by atoms with Crippen LogP contribution < -0.4 is 0 Å². The van der Waals surface area contributed by atoms with E-state index in [1.807, 2.05) is 13.0 Å². The average molecular weight is 386 g/mol. The molecule has 2 aromatic rings. The second-order valence-electron chi connectivity index (χ2n) is 6.38. The van der Waals surface area contributed by atoms with Crippen LogP contribution >= 0.6 is 0 Å². The van der Waals surface area contributed by atoms with E-state index in [4.69, 9.17) is 4.74 Å². The van der Waals surface area contributed by atoms with E-state index in [-0.39, 0.29) is 23.3 Å². The molecule has 6 nitrogen and oxygen atoms in total. The van der Waals surface area contributed by atoms with Crippen molar-refractivity contribution in [3.8, 4) is 0 Å². The summed E-state index contributed by atoms with van der Waals surface area (Å²) >= 11 is 0. The van der Waals surface area contributed by atoms with E-state index in [1.165, 1.54) is 12.1 Å². The largest absolute Gasteiger partial charge is 0.475 e. The number of carbonyl (C=O) groups excluding carboxylic acids is 1. The molecule has 0 spiro atoms. The summed E-state index contributed by atoms with van der Waals surface area (Å²) in [5, 5.41) is 0. The molecule has 1 heterocycles. The van der Waals surface area contributed by atoms with Gasteiger partial charge in [-0.2, -0.15) is 8.42 Å². The van der Waals surface area contributed by atoms with Gasteiger partial charge in [0.2, 0.25) is 11.8 Å². The number of hydrogen-bond donors (Lipinski definition) is 0. The Morgan fingerprint density at radius 3 is 2.44 bits per heavy atom. The van der Waals surface area contributed by atoms with Crippen molar-refractivity contribution in [1.82, 2.24) is 4.90 Å². The Hall–Kier alpha value is -2.67. The number of rotatable bonds is 6. The van der Waals surface area contributed by atoms with Gasteiger partial charge in [-0.25, -0.2) is 0 Å². The number of hydrogen-bond acceptors (Lipinski definition) is 4. The number of carbonyl (C=O) groups is 1. The fraction of sp³-hybridized carbons (Fsp3) is 0.300. The molecule has 0 unspecified atom stereocenters. The smallest absolute Gasteiger partial charge is 0.285 e. The van der Waals surface area contributed by atoms with Crippen molar-refractivity contribution in [3.63, 3.8) is 0 Å². The highest BCUT2D eigenvalue weighted by Gasteiger charge is 2.21. The third kappa shape index (κ3) is 4.95. The van der Waals surface area contributed by atoms with Crippen molar-refractivity contribution in [1.29, 1.82) is 0 Å². The number of sulfonamides is 1. The molecular formula is C20H22N2O4S. The third-order valence-electron chi connectivity index (χ3n) is 4.31. The van der Waals surface area contributed by atoms with Crippen LogP contribution in [0.4, 0.5) is 0 Å². The predicted molar refractivity (Wildman–Crippen MR) is 103 cm³/mol. The zero-order valence-electron chi connectivity index (χ0n) is 15.2. The maximum absolute atomic E-state index is 12.7. The molecule has 1 fully saturated rings. The minimum atomic E-state index is -3.90. The summed E-state index contributed by atoms with van der Waals surface area (Å²) in [4.78, 5) is 13.5. The molecule has 2 aromatic carbocycles. The summed E-state index contributed by atoms with van der Waals surface area (Å²) in [6.07, 6.45) is 1.40. The number of aryl methyl sites for hydroxylation is 1. The highest BCUT2D eigenvalue weighted by molar-refractivity contribution is 7.90. The van der Waals surface area contributed by atoms with Gasteiger partial charge in [-0.1, -0.05) is 35.9 Å². The number of ether oxygens (including phenoxy) is 1. The van der Waals surface area contributed by atoms with Crippen molar-refractivity contribution in [3.05, 3.63) is 65.7 Å². The average Bonchev–Trinajstić information content (AvgIpc) is 3.07. The molecule has 0 aliphatic carbocycles. The van der Waals surface area contributed by atoms with Crippen LogP contribution in [-0.2, 0) is 19.6 Å². The Morgan fingerprint density at radius 1 is 1.11 bits per heavy atom. The molecule has 1 aliphatic heterocycles. The summed E-state index contributed by atoms with van der Waals surface area (Å²) in [5.41, 5.74) is 1.54. The lowest BCUT2D eigenvalue weighted by Crippen LogP contribution is -2.29. The molecule has 0 radical (unpaired) electrons. The van der Waals surface area contributed by atoms with E-state index in [1.54, 1.807) is 41.3 Å². The first-order valence-corrected chi connectivity index (χ1v) is 10.3. The quantitative estimate of drug-likeness (QED) is 0.565. The number of likely N-dealkylation sites (tertiary alicyclic amines) is 1. The molecule has 1 saturated heterocycles. The predicted octanol–water partition coefficient (Wildman–Crippen LogP) is 2.77. The second kappa shape index (κ2) is 8.35. The number of amides is 1. The van der Waals surface area contributed by atoms with Gasteiger partial charge in [0.15, 0.2) is 0 Å². The van der Waals surface area contributed by atoms with Crippen LogP contribution in [0.5, 0.6) is 0 Å². The van der Waals surface area contributed by atoms with Crippen molar-refractivity contribution >= 4 is 21.8 Å². The molecule has 0 bridgehead atoms. The summed E-state index contributed by atoms with van der Waals surface area (Å²) in [5.74, 6) is 0.131. The monoisotopic (exact) mass is 386 g/mol. The van der Waals surface area contributed by atoms with E-state index in [0.717, 1.165) is 12.0 Å². The van der Waals surface area contributed by atoms with Crippen molar-refractivity contribution in [2.24, 2.45) is 4.40 Å². The lowest BCUT2D eigenvalue weighted by Gasteiger charge is -2.16. The normalized spacial score (nSPS) is 15.2. The van der Waals surface area contributed by atoms with Crippen molar-refractivity contribution in [2.75, 3.05) is 19.7 Å². The molecule has 7 heteroatoms. The third-order valence-corrected chi connectivity index (χ3v) is 5.59. The molecule has 3 rings (SSSR count). The van der Waals surface area contributed by atoms with E-state index < -0.39 is 10.0 Å². The lowest BCUT2D eigenvalue weighted by molar-refractivity contribution is -0.128. The van der Waals surface area contributed by atoms with Crippen LogP contribution in [0.15, 0.2) is 63.9 Å². The molecule has 0 N–H and O–H groups in total. The van der Waals surface area contributed by atoms with Gasteiger partial charge in [-0.3, -0.25) is 4.79 Å². The SMILES string of the molecule is Cc1ccc(S(=O)(=O)N=C(OCCN2CCCC2=O)c2ccccc2)cc1. The molecule has 27 heavy (non-hydrogen) atoms. The van der Waals surface area contributed by atoms with Crippen LogP contribution in [0.2, 0.25) is 0 Å². The van der Waals surface area contributed by atoms with Gasteiger partial charge < -0.3 is 9.64 Å². The minimum Gasteiger partial charge on any atom is -0.475 e. The Kier molecular flexibility index (Phi) is 5.91. The summed E-state index contributed by atoms with van der Waals surface area (Å²) < 4.78 is 35.0. The van der Waals surface area contributed by atoms with E-state index in [9.17, 15) is 13.2 Å². The summed E-state index contributed by atoms with van der Waals surface area (Å²) in [6.45, 7) is 3.19. The Bertz CT molecular complexity index is 922. The molecule has 0 atom stereocenters. The fourth-order valence-corrected chi connectivity index (χ4v) is 3.77. The van der Waals surface area contributed by atoms with Gasteiger partial charge in [0.25, 0.3) is 10.0 Å². The zero-order valence-corrected chi connectivity index (χ0v) is 16.0. The van der Waals surface area contributed by atoms with Crippen molar-refractivity contribution < 1.29 is 17.9 Å². The van der Waals surface area contributed by atoms with Gasteiger partial charge in [0.1, 0.15) is 6.61 Å². The van der Waals surface area contributed by atoms with Crippen LogP contribution in [0.1, 0.15) is 24.0 Å². The Labute approximate surface area is 159 Å². The Morgan fingerprint density at radius 2 is 1.81 bits per heavy atom. The van der Waals surface area contributed by atoms with Crippen LogP contribution in [0, 0.1) is 6.92 Å². The highest BCUT2D eigenvalue weighted by atomic mass is 32.2. The standard InChI is InChI=1S/C20H22N2O4S/c1-16-9-11-18(12-10-16)27(24,25)21-20(17-6-3-2-4-7-17)26-15-14-22-13-5-8-19(22)23/h2-4,6-7,9-12H,5,8,13-15H2,1H3. The second-order valence-corrected chi connectivity index (χ2v) is 7.99. The van der Waals surface area contributed by atoms with Gasteiger partial charge >= 0.3 is 0 Å². The highest BCUT2D eigenvalue weighted by Crippen LogP contribution is 2.16. The van der Waals surface area contributed by atoms with Gasteiger partial charge in [-0.05, 0) is 37.6 Å². The number of nitrogens with zero attached hydrogens (tertiary/aromatic N) is 2. The first kappa shape index (κ1) is 19.1. The van der Waals surface area contributed by atoms with E-state index >= 15 is 0 Å². The first-order valence-electron chi connectivity index (χ1n) is 8.83. The summed E-state index contributed by atoms with van der Waals surface area (Å²) in [7, 11) is -3.90. The Balaban J connectivity index is 1.82. The van der Waals surface area contributed by atoms with Crippen LogP contribution in [-0.4, -0.2) is 44.8 Å². The molecule has 0 saturated carbocycles. The van der Waals surface area contributed by atoms with Gasteiger partial charge in [-0.15, -0.1) is 4.40 Å². The summed E-state index contributed by atoms with van der Waals surface area (Å²) in [6, 6.07) is 15.4. The van der Waals surface area contributed by atoms with Crippen molar-refractivity contribution in [2.45, 2.75) is 24.7 Å². The maximum Gasteiger partial charge on any atom is 0.285 e. The molecule has 0 aromatic heterocycles. The molecule has 1 aliphatic rings. The maximum atomic E-state index is 12.7. The first-order chi connectivity index (χ1) is 13.0. The number of benzene rings is 2. The van der Waals surface area contributed by atoms with Gasteiger partial charge in [0.05, 0.1) is 11.4 Å². The molecule has 142 valence electrons. The molecule has 1 amide bonds. The minimum absolute atomic E-state index is 0.0304. The van der Waals surface area contributed by atoms with E-state index in [0.29, 0.717) is 25.1 Å². The fourth-order valence-electron chi connectivity index (χ4n) is 2.81. The zero-order chi connectivity index (χ0) is 19.3. The lowest BCUT2D eigenvalue weighted by atomic mass is 10.2. The molecular weight excluding hydrogens is 364 g/mol. The van der Waals surface area contributed by atoms with Gasteiger partial charge in [0, 0.05) is 18.5 Å².